The van der Waals surface area contributed by atoms with Crippen LogP contribution in [0.4, 0.5) is 4.79 Å². The molecule has 2 rings (SSSR count). The summed E-state index contributed by atoms with van der Waals surface area (Å²) in [7, 11) is 1.49. The molecule has 1 N–H and O–H groups in total. The van der Waals surface area contributed by atoms with E-state index in [1.54, 1.807) is 6.07 Å². The summed E-state index contributed by atoms with van der Waals surface area (Å²) in [4.78, 5) is 22.7. The number of nitrogens with zero attached hydrogens (tertiary/aromatic N) is 1. The number of rotatable bonds is 6. The van der Waals surface area contributed by atoms with Crippen molar-refractivity contribution in [2.24, 2.45) is 0 Å². The maximum absolute atomic E-state index is 10.8. The smallest absolute Gasteiger partial charge is 0.407 e. The number of carbonyl (C=O) groups is 2. The summed E-state index contributed by atoms with van der Waals surface area (Å²) in [6, 6.07) is 14.8. The van der Waals surface area contributed by atoms with Gasteiger partial charge in [-0.25, -0.2) is 4.79 Å². The van der Waals surface area contributed by atoms with Gasteiger partial charge < -0.3 is 14.7 Å². The Morgan fingerprint density at radius 2 is 1.86 bits per heavy atom. The van der Waals surface area contributed by atoms with Gasteiger partial charge in [0.1, 0.15) is 18.6 Å². The predicted octanol–water partition coefficient (Wildman–Crippen LogP) is 3.15. The Hall–Kier alpha value is -2.82. The molecule has 114 valence electrons. The molecule has 5 heteroatoms. The highest BCUT2D eigenvalue weighted by Gasteiger charge is 2.05. The molecule has 0 aliphatic rings. The summed E-state index contributed by atoms with van der Waals surface area (Å²) in [5, 5.41) is 8.76. The van der Waals surface area contributed by atoms with Gasteiger partial charge in [-0.1, -0.05) is 30.3 Å². The van der Waals surface area contributed by atoms with Gasteiger partial charge in [-0.2, -0.15) is 0 Å². The maximum Gasteiger partial charge on any atom is 0.407 e. The number of ether oxygens (including phenoxy) is 1. The molecule has 0 saturated heterocycles. The number of benzene rings is 2. The van der Waals surface area contributed by atoms with E-state index in [1.165, 1.54) is 7.05 Å². The third kappa shape index (κ3) is 4.09. The van der Waals surface area contributed by atoms with Gasteiger partial charge in [0, 0.05) is 12.6 Å². The first-order valence-corrected chi connectivity index (χ1v) is 6.82. The van der Waals surface area contributed by atoms with Gasteiger partial charge in [0.15, 0.2) is 0 Å². The summed E-state index contributed by atoms with van der Waals surface area (Å²) >= 11 is 0. The monoisotopic (exact) mass is 299 g/mol. The second-order valence-corrected chi connectivity index (χ2v) is 4.82. The van der Waals surface area contributed by atoms with Crippen LogP contribution < -0.4 is 4.74 Å². The van der Waals surface area contributed by atoms with Crippen LogP contribution in [0.2, 0.25) is 0 Å². The standard InChI is InChI=1S/C17H17NO4/c1-18(17(20)21)8-9-22-16-7-3-6-15(11-16)14-5-2-4-13(10-14)12-19/h2-7,10-12H,8-9H2,1H3,(H,20,21). The van der Waals surface area contributed by atoms with Crippen LogP contribution in [0.15, 0.2) is 48.5 Å². The minimum atomic E-state index is -0.983. The highest BCUT2D eigenvalue weighted by atomic mass is 16.5. The SMILES string of the molecule is CN(CCOc1cccc(-c2cccc(C=O)c2)c1)C(=O)O. The van der Waals surface area contributed by atoms with Crippen LogP contribution >= 0.6 is 0 Å². The van der Waals surface area contributed by atoms with E-state index in [4.69, 9.17) is 9.84 Å². The topological polar surface area (TPSA) is 66.8 Å². The molecule has 0 aliphatic heterocycles. The van der Waals surface area contributed by atoms with Gasteiger partial charge in [0.05, 0.1) is 6.54 Å². The second-order valence-electron chi connectivity index (χ2n) is 4.82. The van der Waals surface area contributed by atoms with Gasteiger partial charge in [0.2, 0.25) is 0 Å². The Kier molecular flexibility index (Phi) is 5.14. The highest BCUT2D eigenvalue weighted by Crippen LogP contribution is 2.24. The molecule has 5 nitrogen and oxygen atoms in total. The first-order chi connectivity index (χ1) is 10.6. The molecule has 0 unspecified atom stereocenters. The predicted molar refractivity (Wildman–Crippen MR) is 83.4 cm³/mol. The van der Waals surface area contributed by atoms with Crippen molar-refractivity contribution in [3.63, 3.8) is 0 Å². The Labute approximate surface area is 128 Å². The Balaban J connectivity index is 2.06. The van der Waals surface area contributed by atoms with Crippen LogP contribution in [0.5, 0.6) is 5.75 Å². The Morgan fingerprint density at radius 3 is 2.55 bits per heavy atom. The Morgan fingerprint density at radius 1 is 1.18 bits per heavy atom. The van der Waals surface area contributed by atoms with Crippen LogP contribution in [0.1, 0.15) is 10.4 Å². The van der Waals surface area contributed by atoms with Crippen LogP contribution in [-0.2, 0) is 0 Å². The molecule has 0 saturated carbocycles. The van der Waals surface area contributed by atoms with Crippen molar-refractivity contribution in [1.29, 1.82) is 0 Å². The van der Waals surface area contributed by atoms with Crippen molar-refractivity contribution in [2.45, 2.75) is 0 Å². The number of likely N-dealkylation sites (N-methyl/N-ethyl adjacent to an activating group) is 1. The number of carboxylic acid groups (broad SMARTS) is 1. The lowest BCUT2D eigenvalue weighted by molar-refractivity contribution is 0.112. The van der Waals surface area contributed by atoms with Crippen molar-refractivity contribution in [3.05, 3.63) is 54.1 Å². The molecular weight excluding hydrogens is 282 g/mol. The molecule has 0 aliphatic carbocycles. The van der Waals surface area contributed by atoms with Gasteiger partial charge >= 0.3 is 6.09 Å². The lowest BCUT2D eigenvalue weighted by atomic mass is 10.0. The zero-order chi connectivity index (χ0) is 15.9. The van der Waals surface area contributed by atoms with Gasteiger partial charge in [-0.05, 0) is 29.3 Å². The van der Waals surface area contributed by atoms with Gasteiger partial charge in [-0.3, -0.25) is 4.79 Å². The first kappa shape index (κ1) is 15.6. The van der Waals surface area contributed by atoms with Crippen LogP contribution in [0, 0.1) is 0 Å². The van der Waals surface area contributed by atoms with E-state index in [0.717, 1.165) is 22.3 Å². The number of amides is 1. The molecule has 0 fully saturated rings. The van der Waals surface area contributed by atoms with Crippen LogP contribution in [-0.4, -0.2) is 42.6 Å². The van der Waals surface area contributed by atoms with E-state index in [1.807, 2.05) is 42.5 Å². The van der Waals surface area contributed by atoms with E-state index in [2.05, 4.69) is 0 Å². The lowest BCUT2D eigenvalue weighted by Gasteiger charge is -2.14. The third-order valence-electron chi connectivity index (χ3n) is 3.21. The van der Waals surface area contributed by atoms with E-state index in [0.29, 0.717) is 17.9 Å². The van der Waals surface area contributed by atoms with E-state index in [9.17, 15) is 9.59 Å². The highest BCUT2D eigenvalue weighted by molar-refractivity contribution is 5.79. The third-order valence-corrected chi connectivity index (χ3v) is 3.21. The minimum Gasteiger partial charge on any atom is -0.492 e. The largest absolute Gasteiger partial charge is 0.492 e. The van der Waals surface area contributed by atoms with E-state index < -0.39 is 6.09 Å². The number of hydrogen-bond donors (Lipinski definition) is 1. The minimum absolute atomic E-state index is 0.278. The van der Waals surface area contributed by atoms with Crippen molar-refractivity contribution in [3.8, 4) is 16.9 Å². The van der Waals surface area contributed by atoms with Crippen LogP contribution in [0.25, 0.3) is 11.1 Å². The summed E-state index contributed by atoms with van der Waals surface area (Å²) < 4.78 is 5.57. The Bertz CT molecular complexity index is 669. The van der Waals surface area contributed by atoms with Crippen molar-refractivity contribution in [1.82, 2.24) is 4.90 Å². The summed E-state index contributed by atoms with van der Waals surface area (Å²) in [5.74, 6) is 0.660. The molecule has 1 amide bonds. The average Bonchev–Trinajstić information content (AvgIpc) is 2.55. The summed E-state index contributed by atoms with van der Waals surface area (Å²) in [6.45, 7) is 0.570. The van der Waals surface area contributed by atoms with Crippen molar-refractivity contribution < 1.29 is 19.4 Å². The van der Waals surface area contributed by atoms with Crippen LogP contribution in [0.3, 0.4) is 0 Å². The molecular formula is C17H17NO4. The zero-order valence-electron chi connectivity index (χ0n) is 12.2. The molecule has 2 aromatic carbocycles. The maximum atomic E-state index is 10.8. The van der Waals surface area contributed by atoms with E-state index >= 15 is 0 Å². The summed E-state index contributed by atoms with van der Waals surface area (Å²) in [5.41, 5.74) is 2.48. The van der Waals surface area contributed by atoms with Gasteiger partial charge in [0.25, 0.3) is 0 Å². The molecule has 0 spiro atoms. The molecule has 0 bridgehead atoms. The molecule has 0 atom stereocenters. The first-order valence-electron chi connectivity index (χ1n) is 6.82. The van der Waals surface area contributed by atoms with Crippen molar-refractivity contribution >= 4 is 12.4 Å². The number of carbonyl (C=O) groups excluding carboxylic acids is 1. The summed E-state index contributed by atoms with van der Waals surface area (Å²) in [6.07, 6.45) is -0.172. The fourth-order valence-corrected chi connectivity index (χ4v) is 1.95. The van der Waals surface area contributed by atoms with Crippen molar-refractivity contribution in [2.75, 3.05) is 20.2 Å². The number of hydrogen-bond acceptors (Lipinski definition) is 3. The average molecular weight is 299 g/mol. The quantitative estimate of drug-likeness (QED) is 0.832. The van der Waals surface area contributed by atoms with Gasteiger partial charge in [-0.15, -0.1) is 0 Å². The van der Waals surface area contributed by atoms with E-state index in [-0.39, 0.29) is 6.61 Å². The molecule has 0 aromatic heterocycles. The molecule has 2 aromatic rings. The fourth-order valence-electron chi connectivity index (χ4n) is 1.95. The lowest BCUT2D eigenvalue weighted by Crippen LogP contribution is -2.29. The molecule has 0 heterocycles. The molecule has 22 heavy (non-hydrogen) atoms. The normalized spacial score (nSPS) is 10.0. The zero-order valence-corrected chi connectivity index (χ0v) is 12.2. The molecule has 0 radical (unpaired) electrons. The number of aldehydes is 1. The second kappa shape index (κ2) is 7.26. The fraction of sp³-hybridized carbons (Fsp3) is 0.176.